The van der Waals surface area contributed by atoms with Gasteiger partial charge in [0.05, 0.1) is 5.69 Å². The fraction of sp³-hybridized carbons (Fsp3) is 0.600. The lowest BCUT2D eigenvalue weighted by molar-refractivity contribution is -0.119. The van der Waals surface area contributed by atoms with Gasteiger partial charge < -0.3 is 15.2 Å². The van der Waals surface area contributed by atoms with Gasteiger partial charge in [0.25, 0.3) is 0 Å². The third-order valence-electron chi connectivity index (χ3n) is 6.43. The molecule has 3 aromatic rings. The van der Waals surface area contributed by atoms with Crippen molar-refractivity contribution in [3.63, 3.8) is 0 Å². The number of nitrogens with zero attached hydrogens (tertiary/aromatic N) is 5. The smallest absolute Gasteiger partial charge is 0.217 e. The summed E-state index contributed by atoms with van der Waals surface area (Å²) in [4.78, 5) is 21.4. The Labute approximate surface area is 163 Å². The van der Waals surface area contributed by atoms with E-state index in [1.807, 2.05) is 10.7 Å². The first-order valence-electron chi connectivity index (χ1n) is 10.3. The zero-order valence-electron chi connectivity index (χ0n) is 16.3. The molecule has 4 heterocycles. The molecule has 8 heteroatoms. The van der Waals surface area contributed by atoms with E-state index in [9.17, 15) is 4.79 Å². The van der Waals surface area contributed by atoms with Gasteiger partial charge in [0.15, 0.2) is 0 Å². The second-order valence-electron chi connectivity index (χ2n) is 8.42. The maximum Gasteiger partial charge on any atom is 0.217 e. The standard InChI is InChI=1S/C20H27N7O/c1-13(28)23-16-7-9-26(11-16)10-14-2-4-15(5-3-14)18-19-17-6-8-21-20(17)22-12-27(19)25-24-18/h6,8,12,14-16,21H,2-5,7,9-11H2,1H3,(H,23,28)/t14?,15?,16-/m0/s1. The first kappa shape index (κ1) is 17.6. The third-order valence-corrected chi connectivity index (χ3v) is 6.43. The molecule has 2 aliphatic rings. The Hall–Kier alpha value is -2.48. The summed E-state index contributed by atoms with van der Waals surface area (Å²) >= 11 is 0. The highest BCUT2D eigenvalue weighted by atomic mass is 16.1. The number of fused-ring (bicyclic) bond motifs is 3. The van der Waals surface area contributed by atoms with Crippen LogP contribution in [0.1, 0.15) is 50.6 Å². The van der Waals surface area contributed by atoms with E-state index >= 15 is 0 Å². The average molecular weight is 381 g/mol. The van der Waals surface area contributed by atoms with E-state index in [4.69, 9.17) is 0 Å². The van der Waals surface area contributed by atoms with Crippen molar-refractivity contribution >= 4 is 22.5 Å². The van der Waals surface area contributed by atoms with Gasteiger partial charge in [-0.2, -0.15) is 0 Å². The molecule has 3 aromatic heterocycles. The van der Waals surface area contributed by atoms with Crippen molar-refractivity contribution in [2.75, 3.05) is 19.6 Å². The van der Waals surface area contributed by atoms with E-state index in [0.717, 1.165) is 67.1 Å². The summed E-state index contributed by atoms with van der Waals surface area (Å²) in [5.41, 5.74) is 3.12. The first-order chi connectivity index (χ1) is 13.7. The van der Waals surface area contributed by atoms with Crippen molar-refractivity contribution in [3.05, 3.63) is 24.3 Å². The Kier molecular flexibility index (Phi) is 4.50. The highest BCUT2D eigenvalue weighted by Crippen LogP contribution is 2.38. The number of nitrogens with one attached hydrogen (secondary N) is 2. The number of amides is 1. The number of aromatic nitrogens is 5. The predicted molar refractivity (Wildman–Crippen MR) is 106 cm³/mol. The van der Waals surface area contributed by atoms with Crippen molar-refractivity contribution in [2.45, 2.75) is 51.0 Å². The minimum Gasteiger partial charge on any atom is -0.352 e. The highest BCUT2D eigenvalue weighted by Gasteiger charge is 2.30. The fourth-order valence-electron chi connectivity index (χ4n) is 5.08. The van der Waals surface area contributed by atoms with Crippen molar-refractivity contribution < 1.29 is 4.79 Å². The fourth-order valence-corrected chi connectivity index (χ4v) is 5.08. The molecule has 1 aliphatic heterocycles. The van der Waals surface area contributed by atoms with Crippen molar-refractivity contribution in [1.82, 2.24) is 35.0 Å². The number of aromatic amines is 1. The number of carbonyl (C=O) groups excluding carboxylic acids is 1. The Morgan fingerprint density at radius 2 is 2.14 bits per heavy atom. The van der Waals surface area contributed by atoms with Gasteiger partial charge in [0.2, 0.25) is 5.91 Å². The molecule has 1 aliphatic carbocycles. The Bertz CT molecular complexity index is 985. The molecular formula is C20H27N7O. The summed E-state index contributed by atoms with van der Waals surface area (Å²) in [6.45, 7) is 4.85. The second-order valence-corrected chi connectivity index (χ2v) is 8.42. The van der Waals surface area contributed by atoms with Crippen molar-refractivity contribution in [3.8, 4) is 0 Å². The summed E-state index contributed by atoms with van der Waals surface area (Å²) in [5, 5.41) is 13.0. The molecule has 0 unspecified atom stereocenters. The lowest BCUT2D eigenvalue weighted by Gasteiger charge is -2.30. The van der Waals surface area contributed by atoms with E-state index < -0.39 is 0 Å². The van der Waals surface area contributed by atoms with Gasteiger partial charge in [-0.25, -0.2) is 9.50 Å². The summed E-state index contributed by atoms with van der Waals surface area (Å²) in [7, 11) is 0. The van der Waals surface area contributed by atoms with Crippen molar-refractivity contribution in [2.24, 2.45) is 5.92 Å². The molecule has 1 saturated carbocycles. The van der Waals surface area contributed by atoms with Crippen LogP contribution in [0.5, 0.6) is 0 Å². The van der Waals surface area contributed by atoms with Gasteiger partial charge in [-0.05, 0) is 44.1 Å². The zero-order valence-corrected chi connectivity index (χ0v) is 16.3. The summed E-state index contributed by atoms with van der Waals surface area (Å²) in [6.07, 6.45) is 9.53. The van der Waals surface area contributed by atoms with Gasteiger partial charge in [0, 0.05) is 50.1 Å². The van der Waals surface area contributed by atoms with E-state index in [1.54, 1.807) is 13.3 Å². The molecule has 0 bridgehead atoms. The van der Waals surface area contributed by atoms with Gasteiger partial charge >= 0.3 is 0 Å². The maximum atomic E-state index is 11.3. The first-order valence-corrected chi connectivity index (χ1v) is 10.3. The molecule has 0 aromatic carbocycles. The van der Waals surface area contributed by atoms with Crippen LogP contribution in [0.15, 0.2) is 18.6 Å². The summed E-state index contributed by atoms with van der Waals surface area (Å²) < 4.78 is 1.81. The molecule has 2 N–H and O–H groups in total. The number of hydrogen-bond donors (Lipinski definition) is 2. The molecule has 0 spiro atoms. The Balaban J connectivity index is 1.23. The van der Waals surface area contributed by atoms with Crippen LogP contribution in [0, 0.1) is 5.92 Å². The van der Waals surface area contributed by atoms with Crippen LogP contribution in [-0.4, -0.2) is 61.3 Å². The van der Waals surface area contributed by atoms with Crippen LogP contribution in [0.3, 0.4) is 0 Å². The van der Waals surface area contributed by atoms with Gasteiger partial charge in [-0.1, -0.05) is 5.21 Å². The average Bonchev–Trinajstić information content (AvgIpc) is 3.40. The van der Waals surface area contributed by atoms with E-state index in [2.05, 4.69) is 36.6 Å². The largest absolute Gasteiger partial charge is 0.352 e. The molecule has 1 atom stereocenters. The van der Waals surface area contributed by atoms with Gasteiger partial charge in [-0.3, -0.25) is 4.79 Å². The molecule has 2 fully saturated rings. The minimum absolute atomic E-state index is 0.0833. The normalized spacial score (nSPS) is 26.2. The van der Waals surface area contributed by atoms with Crippen LogP contribution >= 0.6 is 0 Å². The molecule has 0 radical (unpaired) electrons. The third kappa shape index (κ3) is 3.26. The van der Waals surface area contributed by atoms with Crippen LogP contribution < -0.4 is 5.32 Å². The summed E-state index contributed by atoms with van der Waals surface area (Å²) in [6, 6.07) is 2.39. The van der Waals surface area contributed by atoms with Gasteiger partial charge in [-0.15, -0.1) is 5.10 Å². The number of carbonyl (C=O) groups is 1. The molecule has 1 saturated heterocycles. The lowest BCUT2D eigenvalue weighted by atomic mass is 9.80. The lowest BCUT2D eigenvalue weighted by Crippen LogP contribution is -2.37. The molecule has 5 rings (SSSR count). The topological polar surface area (TPSA) is 91.2 Å². The van der Waals surface area contributed by atoms with Crippen LogP contribution in [0.4, 0.5) is 0 Å². The predicted octanol–water partition coefficient (Wildman–Crippen LogP) is 2.09. The van der Waals surface area contributed by atoms with Crippen LogP contribution in [0.2, 0.25) is 0 Å². The number of hydrogen-bond acceptors (Lipinski definition) is 5. The molecular weight excluding hydrogens is 354 g/mol. The van der Waals surface area contributed by atoms with E-state index in [0.29, 0.717) is 12.0 Å². The van der Waals surface area contributed by atoms with Gasteiger partial charge in [0.1, 0.15) is 17.5 Å². The minimum atomic E-state index is 0.0833. The molecule has 28 heavy (non-hydrogen) atoms. The molecule has 8 nitrogen and oxygen atoms in total. The SMILES string of the molecule is CC(=O)N[C@H]1CCN(CC2CCC(c3nnn4cnc5[nH]ccc5c34)CC2)C1. The quantitative estimate of drug-likeness (QED) is 0.722. The molecule has 1 amide bonds. The Morgan fingerprint density at radius 3 is 2.96 bits per heavy atom. The summed E-state index contributed by atoms with van der Waals surface area (Å²) in [5.74, 6) is 1.29. The van der Waals surface area contributed by atoms with Crippen molar-refractivity contribution in [1.29, 1.82) is 0 Å². The van der Waals surface area contributed by atoms with Crippen LogP contribution in [0.25, 0.3) is 16.6 Å². The number of H-pyrrole nitrogens is 1. The number of likely N-dealkylation sites (tertiary alicyclic amines) is 1. The zero-order chi connectivity index (χ0) is 19.1. The Morgan fingerprint density at radius 1 is 1.29 bits per heavy atom. The van der Waals surface area contributed by atoms with E-state index in [1.165, 1.54) is 12.8 Å². The highest BCUT2D eigenvalue weighted by molar-refractivity contribution is 5.92. The number of rotatable bonds is 4. The maximum absolute atomic E-state index is 11.3. The van der Waals surface area contributed by atoms with E-state index in [-0.39, 0.29) is 5.91 Å². The monoisotopic (exact) mass is 381 g/mol. The van der Waals surface area contributed by atoms with Crippen LogP contribution in [-0.2, 0) is 4.79 Å². The molecule has 148 valence electrons. The second kappa shape index (κ2) is 7.16.